The number of nitrogens with one attached hydrogen (secondary N) is 3. The predicted octanol–water partition coefficient (Wildman–Crippen LogP) is 3.40. The first kappa shape index (κ1) is 26.6. The molecule has 1 heterocycles. The fourth-order valence-corrected chi connectivity index (χ4v) is 3.93. The Labute approximate surface area is 211 Å². The lowest BCUT2D eigenvalue weighted by molar-refractivity contribution is -0.139. The summed E-state index contributed by atoms with van der Waals surface area (Å²) in [4.78, 5) is 37.3. The molecule has 9 nitrogen and oxygen atoms in total. The molecular weight excluding hydrogens is 462 g/mol. The first-order valence-corrected chi connectivity index (χ1v) is 12.1. The molecule has 3 rings (SSSR count). The largest absolute Gasteiger partial charge is 0.493 e. The Morgan fingerprint density at radius 1 is 1.03 bits per heavy atom. The Morgan fingerprint density at radius 3 is 2.50 bits per heavy atom. The van der Waals surface area contributed by atoms with Crippen LogP contribution in [0.2, 0.25) is 0 Å². The number of urea groups is 1. The van der Waals surface area contributed by atoms with Crippen molar-refractivity contribution in [2.45, 2.75) is 39.2 Å². The minimum atomic E-state index is -0.719. The summed E-state index contributed by atoms with van der Waals surface area (Å²) in [5.41, 5.74) is 2.65. The maximum Gasteiger partial charge on any atom is 0.338 e. The van der Waals surface area contributed by atoms with E-state index in [4.69, 9.17) is 14.2 Å². The first-order chi connectivity index (χ1) is 17.5. The van der Waals surface area contributed by atoms with Crippen LogP contribution in [-0.4, -0.2) is 44.8 Å². The van der Waals surface area contributed by atoms with Crippen molar-refractivity contribution < 1.29 is 28.6 Å². The number of rotatable bonds is 12. The van der Waals surface area contributed by atoms with Gasteiger partial charge in [-0.3, -0.25) is 4.79 Å². The highest BCUT2D eigenvalue weighted by molar-refractivity contribution is 5.95. The highest BCUT2D eigenvalue weighted by Crippen LogP contribution is 2.35. The zero-order valence-corrected chi connectivity index (χ0v) is 20.9. The zero-order valence-electron chi connectivity index (χ0n) is 20.9. The Kier molecular flexibility index (Phi) is 9.73. The fraction of sp³-hybridized carbons (Fsp3) is 0.370. The molecule has 0 fully saturated rings. The van der Waals surface area contributed by atoms with Crippen molar-refractivity contribution in [3.05, 3.63) is 70.9 Å². The maximum absolute atomic E-state index is 12.8. The average Bonchev–Trinajstić information content (AvgIpc) is 2.88. The summed E-state index contributed by atoms with van der Waals surface area (Å²) in [7, 11) is 1.48. The molecule has 2 aromatic carbocycles. The molecule has 0 bridgehead atoms. The van der Waals surface area contributed by atoms with Gasteiger partial charge in [-0.25, -0.2) is 9.59 Å². The van der Waals surface area contributed by atoms with E-state index in [0.29, 0.717) is 41.3 Å². The van der Waals surface area contributed by atoms with Crippen LogP contribution in [0.1, 0.15) is 43.9 Å². The lowest BCUT2D eigenvalue weighted by Gasteiger charge is -2.29. The quantitative estimate of drug-likeness (QED) is 0.389. The lowest BCUT2D eigenvalue weighted by atomic mass is 9.93. The van der Waals surface area contributed by atoms with Crippen LogP contribution in [0.15, 0.2) is 59.8 Å². The summed E-state index contributed by atoms with van der Waals surface area (Å²) in [6.45, 7) is 4.23. The standard InChI is InChI=1S/C27H33N3O6/c1-4-9-20-24(26(32)35-5-2)25(30-27(33)29-20)19-12-13-21(22(16-19)34-3)36-17-23(31)28-15-14-18-10-7-6-8-11-18/h6-8,10-13,16,25H,4-5,9,14-15,17H2,1-3H3,(H,28,31)(H2,29,30,33)/t25-/m1/s1. The van der Waals surface area contributed by atoms with Crippen molar-refractivity contribution in [3.63, 3.8) is 0 Å². The van der Waals surface area contributed by atoms with Crippen LogP contribution < -0.4 is 25.4 Å². The molecule has 9 heteroatoms. The molecule has 0 saturated carbocycles. The zero-order chi connectivity index (χ0) is 25.9. The average molecular weight is 496 g/mol. The Bertz CT molecular complexity index is 1100. The number of benzene rings is 2. The summed E-state index contributed by atoms with van der Waals surface area (Å²) >= 11 is 0. The van der Waals surface area contributed by atoms with E-state index >= 15 is 0 Å². The van der Waals surface area contributed by atoms with Gasteiger partial charge >= 0.3 is 12.0 Å². The van der Waals surface area contributed by atoms with Gasteiger partial charge in [-0.15, -0.1) is 0 Å². The molecule has 1 aliphatic rings. The van der Waals surface area contributed by atoms with E-state index in [-0.39, 0.29) is 19.1 Å². The molecule has 0 saturated heterocycles. The Hall–Kier alpha value is -4.01. The first-order valence-electron chi connectivity index (χ1n) is 12.1. The van der Waals surface area contributed by atoms with Crippen molar-refractivity contribution in [1.82, 2.24) is 16.0 Å². The van der Waals surface area contributed by atoms with Gasteiger partial charge < -0.3 is 30.2 Å². The number of carbonyl (C=O) groups excluding carboxylic acids is 3. The van der Waals surface area contributed by atoms with Gasteiger partial charge in [0.15, 0.2) is 18.1 Å². The summed E-state index contributed by atoms with van der Waals surface area (Å²) in [5, 5.41) is 8.37. The molecule has 3 N–H and O–H groups in total. The van der Waals surface area contributed by atoms with Crippen LogP contribution in [0, 0.1) is 0 Å². The molecule has 0 unspecified atom stereocenters. The molecule has 0 aliphatic carbocycles. The number of ether oxygens (including phenoxy) is 3. The molecule has 3 amide bonds. The number of hydrogen-bond donors (Lipinski definition) is 3. The van der Waals surface area contributed by atoms with E-state index in [9.17, 15) is 14.4 Å². The van der Waals surface area contributed by atoms with Crippen LogP contribution in [0.5, 0.6) is 11.5 Å². The van der Waals surface area contributed by atoms with Crippen LogP contribution in [0.3, 0.4) is 0 Å². The number of methoxy groups -OCH3 is 1. The second-order valence-corrected chi connectivity index (χ2v) is 8.18. The van der Waals surface area contributed by atoms with E-state index in [2.05, 4.69) is 16.0 Å². The normalized spacial score (nSPS) is 15.0. The third-order valence-corrected chi connectivity index (χ3v) is 5.61. The second kappa shape index (κ2) is 13.2. The molecular formula is C27H33N3O6. The Balaban J connectivity index is 1.71. The van der Waals surface area contributed by atoms with E-state index in [0.717, 1.165) is 18.4 Å². The van der Waals surface area contributed by atoms with E-state index in [1.54, 1.807) is 25.1 Å². The SMILES string of the molecule is CCCC1=C(C(=O)OCC)[C@@H](c2ccc(OCC(=O)NCCc3ccccc3)c(OC)c2)NC(=O)N1. The molecule has 0 spiro atoms. The monoisotopic (exact) mass is 495 g/mol. The number of esters is 1. The minimum absolute atomic E-state index is 0.177. The summed E-state index contributed by atoms with van der Waals surface area (Å²) < 4.78 is 16.4. The van der Waals surface area contributed by atoms with Crippen LogP contribution in [0.4, 0.5) is 4.79 Å². The third-order valence-electron chi connectivity index (χ3n) is 5.61. The van der Waals surface area contributed by atoms with Gasteiger partial charge in [-0.2, -0.15) is 0 Å². The van der Waals surface area contributed by atoms with Gasteiger partial charge in [-0.05, 0) is 43.0 Å². The second-order valence-electron chi connectivity index (χ2n) is 8.18. The number of hydrogen-bond acceptors (Lipinski definition) is 6. The molecule has 192 valence electrons. The highest BCUT2D eigenvalue weighted by atomic mass is 16.5. The maximum atomic E-state index is 12.8. The minimum Gasteiger partial charge on any atom is -0.493 e. The molecule has 36 heavy (non-hydrogen) atoms. The summed E-state index contributed by atoms with van der Waals surface area (Å²) in [6.07, 6.45) is 1.99. The van der Waals surface area contributed by atoms with Crippen molar-refractivity contribution in [2.24, 2.45) is 0 Å². The molecule has 1 atom stereocenters. The molecule has 2 aromatic rings. The van der Waals surface area contributed by atoms with Gasteiger partial charge in [0.05, 0.1) is 25.3 Å². The smallest absolute Gasteiger partial charge is 0.338 e. The van der Waals surface area contributed by atoms with Crippen LogP contribution in [-0.2, 0) is 20.7 Å². The fourth-order valence-electron chi connectivity index (χ4n) is 3.93. The van der Waals surface area contributed by atoms with E-state index in [1.165, 1.54) is 7.11 Å². The molecule has 1 aliphatic heterocycles. The summed E-state index contributed by atoms with van der Waals surface area (Å²) in [6, 6.07) is 13.8. The van der Waals surface area contributed by atoms with Gasteiger partial charge in [-0.1, -0.05) is 49.7 Å². The predicted molar refractivity (Wildman–Crippen MR) is 135 cm³/mol. The molecule has 0 aromatic heterocycles. The van der Waals surface area contributed by atoms with Crippen molar-refractivity contribution in [1.29, 1.82) is 0 Å². The summed E-state index contributed by atoms with van der Waals surface area (Å²) in [5.74, 6) is -0.00267. The highest BCUT2D eigenvalue weighted by Gasteiger charge is 2.33. The van der Waals surface area contributed by atoms with Crippen LogP contribution >= 0.6 is 0 Å². The van der Waals surface area contributed by atoms with E-state index in [1.807, 2.05) is 37.3 Å². The van der Waals surface area contributed by atoms with Gasteiger partial charge in [0.25, 0.3) is 5.91 Å². The van der Waals surface area contributed by atoms with Gasteiger partial charge in [0.2, 0.25) is 0 Å². The number of amides is 3. The number of carbonyl (C=O) groups is 3. The van der Waals surface area contributed by atoms with Gasteiger partial charge in [0, 0.05) is 12.2 Å². The van der Waals surface area contributed by atoms with Crippen molar-refractivity contribution >= 4 is 17.9 Å². The lowest BCUT2D eigenvalue weighted by Crippen LogP contribution is -2.46. The van der Waals surface area contributed by atoms with Crippen molar-refractivity contribution in [2.75, 3.05) is 26.9 Å². The third kappa shape index (κ3) is 7.00. The van der Waals surface area contributed by atoms with Crippen LogP contribution in [0.25, 0.3) is 0 Å². The number of allylic oxidation sites excluding steroid dienone is 1. The van der Waals surface area contributed by atoms with Crippen molar-refractivity contribution in [3.8, 4) is 11.5 Å². The molecule has 0 radical (unpaired) electrons. The topological polar surface area (TPSA) is 115 Å². The van der Waals surface area contributed by atoms with Gasteiger partial charge in [0.1, 0.15) is 0 Å². The van der Waals surface area contributed by atoms with E-state index < -0.39 is 18.0 Å². The Morgan fingerprint density at radius 2 is 1.81 bits per heavy atom.